The number of unbranched alkanes of at least 4 members (excludes halogenated alkanes) is 3. The van der Waals surface area contributed by atoms with Crippen LogP contribution in [-0.4, -0.2) is 22.1 Å². The third-order valence-corrected chi connectivity index (χ3v) is 3.39. The van der Waals surface area contributed by atoms with Crippen LogP contribution in [0.4, 0.5) is 0 Å². The van der Waals surface area contributed by atoms with Crippen molar-refractivity contribution < 1.29 is 29.4 Å². The number of hydrogen-bond acceptors (Lipinski definition) is 6. The Morgan fingerprint density at radius 2 is 1.14 bits per heavy atom. The Labute approximate surface area is 84.0 Å². The molecule has 0 saturated carbocycles. The third-order valence-electron chi connectivity index (χ3n) is 1.63. The van der Waals surface area contributed by atoms with Gasteiger partial charge in [0.15, 0.2) is 0 Å². The van der Waals surface area contributed by atoms with Gasteiger partial charge in [0.25, 0.3) is 0 Å². The van der Waals surface area contributed by atoms with E-state index in [1.807, 2.05) is 0 Å². The number of rotatable bonds is 7. The van der Waals surface area contributed by atoms with E-state index in [1.54, 1.807) is 0 Å². The van der Waals surface area contributed by atoms with Gasteiger partial charge in [0, 0.05) is 6.16 Å². The van der Waals surface area contributed by atoms with Crippen LogP contribution < -0.4 is 19.6 Å². The van der Waals surface area contributed by atoms with Gasteiger partial charge >= 0.3 is 0 Å². The maximum Gasteiger partial charge on any atom is 0.230 e. The average Bonchev–Trinajstić information content (AvgIpc) is 1.92. The molecule has 14 heavy (non-hydrogen) atoms. The highest BCUT2D eigenvalue weighted by Gasteiger charge is 2.16. The maximum absolute atomic E-state index is 10.4. The van der Waals surface area contributed by atoms with Crippen molar-refractivity contribution in [1.29, 1.82) is 0 Å². The minimum atomic E-state index is -4.40. The van der Waals surface area contributed by atoms with Crippen molar-refractivity contribution in [2.75, 3.05) is 12.3 Å². The van der Waals surface area contributed by atoms with E-state index in [-0.39, 0.29) is 18.7 Å². The zero-order chi connectivity index (χ0) is 11.2. The smallest absolute Gasteiger partial charge is 0.230 e. The second-order valence-corrected chi connectivity index (χ2v) is 6.58. The van der Waals surface area contributed by atoms with Gasteiger partial charge in [0.2, 0.25) is 7.94 Å². The molecule has 0 aromatic carbocycles. The van der Waals surface area contributed by atoms with Crippen LogP contribution in [0.2, 0.25) is 0 Å². The highest BCUT2D eigenvalue weighted by molar-refractivity contribution is 7.57. The molecule has 8 heteroatoms. The van der Waals surface area contributed by atoms with Crippen molar-refractivity contribution in [3.8, 4) is 0 Å². The Morgan fingerprint density at radius 1 is 0.714 bits per heavy atom. The van der Waals surface area contributed by atoms with Gasteiger partial charge in [-0.2, -0.15) is 7.94 Å². The van der Waals surface area contributed by atoms with E-state index in [0.717, 1.165) is 0 Å². The average molecular weight is 244 g/mol. The molecule has 0 aliphatic heterocycles. The van der Waals surface area contributed by atoms with Crippen LogP contribution >= 0.6 is 15.9 Å². The summed E-state index contributed by atoms with van der Waals surface area (Å²) in [4.78, 5) is 57.8. The van der Waals surface area contributed by atoms with E-state index < -0.39 is 15.9 Å². The summed E-state index contributed by atoms with van der Waals surface area (Å²) in [5.41, 5.74) is 0. The fourth-order valence-corrected chi connectivity index (χ4v) is 2.22. The van der Waals surface area contributed by atoms with E-state index in [2.05, 4.69) is 0 Å². The van der Waals surface area contributed by atoms with Gasteiger partial charge in [-0.3, -0.25) is 0 Å². The molecule has 86 valence electrons. The lowest BCUT2D eigenvalue weighted by molar-refractivity contribution is -0.427. The molecular weight excluding hydrogens is 230 g/mol. The van der Waals surface area contributed by atoms with Crippen molar-refractivity contribution in [2.24, 2.45) is 0 Å². The zero-order valence-corrected chi connectivity index (χ0v) is 9.45. The van der Waals surface area contributed by atoms with E-state index in [0.29, 0.717) is 19.3 Å². The van der Waals surface area contributed by atoms with E-state index >= 15 is 0 Å². The lowest BCUT2D eigenvalue weighted by atomic mass is 10.2. The van der Waals surface area contributed by atoms with Crippen LogP contribution in [0.25, 0.3) is 0 Å². The van der Waals surface area contributed by atoms with Gasteiger partial charge in [-0.15, -0.1) is 0 Å². The zero-order valence-electron chi connectivity index (χ0n) is 7.66. The van der Waals surface area contributed by atoms with Crippen molar-refractivity contribution in [2.45, 2.75) is 25.7 Å². The van der Waals surface area contributed by atoms with Crippen LogP contribution in [-0.2, 0) is 0 Å². The molecule has 0 aliphatic carbocycles. The molecule has 0 bridgehead atoms. The first-order valence-corrected chi connectivity index (χ1v) is 7.79. The summed E-state index contributed by atoms with van der Waals surface area (Å²) in [5.74, 6) is 0. The van der Waals surface area contributed by atoms with Gasteiger partial charge < -0.3 is 19.6 Å². The fourth-order valence-electron chi connectivity index (χ4n) is 0.977. The SMILES string of the molecule is [O-][P+]([O-])([O-])CCCCCC[P+]([O-])(O)O. The predicted octanol–water partition coefficient (Wildman–Crippen LogP) is -2.50. The molecule has 0 aliphatic rings. The normalized spacial score (nSPS) is 13.3. The molecule has 0 spiro atoms. The summed E-state index contributed by atoms with van der Waals surface area (Å²) in [6.45, 7) is 0. The van der Waals surface area contributed by atoms with Gasteiger partial charge in [-0.1, -0.05) is 0 Å². The second kappa shape index (κ2) is 6.26. The van der Waals surface area contributed by atoms with Crippen LogP contribution in [0.1, 0.15) is 25.7 Å². The summed E-state index contributed by atoms with van der Waals surface area (Å²) in [6.07, 6.45) is 1.11. The van der Waals surface area contributed by atoms with Gasteiger partial charge in [-0.25, -0.2) is 9.79 Å². The monoisotopic (exact) mass is 244 g/mol. The van der Waals surface area contributed by atoms with E-state index in [4.69, 9.17) is 9.79 Å². The van der Waals surface area contributed by atoms with Crippen LogP contribution in [0.5, 0.6) is 0 Å². The first kappa shape index (κ1) is 14.6. The molecule has 0 unspecified atom stereocenters. The molecule has 0 amide bonds. The summed E-state index contributed by atoms with van der Waals surface area (Å²) in [5, 5.41) is 0. The Bertz CT molecular complexity index is 133. The molecule has 0 rings (SSSR count). The molecule has 0 aromatic rings. The van der Waals surface area contributed by atoms with E-state index in [9.17, 15) is 19.6 Å². The minimum absolute atomic E-state index is 0.181. The molecule has 0 saturated heterocycles. The molecule has 0 atom stereocenters. The van der Waals surface area contributed by atoms with Crippen LogP contribution in [0.3, 0.4) is 0 Å². The fraction of sp³-hybridized carbons (Fsp3) is 1.00. The summed E-state index contributed by atoms with van der Waals surface area (Å²) >= 11 is 0. The van der Waals surface area contributed by atoms with Gasteiger partial charge in [0.05, 0.1) is 0 Å². The summed E-state index contributed by atoms with van der Waals surface area (Å²) in [6, 6.07) is 0. The Morgan fingerprint density at radius 3 is 1.50 bits per heavy atom. The molecule has 0 aromatic heterocycles. The number of hydrogen-bond donors (Lipinski definition) is 2. The standard InChI is InChI=1S/C6H16O6P2/c7-13(8,9)5-3-1-2-4-6-14(10,11)12/h1-6H2,(H2,7,8,9)(H2,10,11,12)/p-2. The largest absolute Gasteiger partial charge is 0.688 e. The minimum Gasteiger partial charge on any atom is -0.688 e. The highest BCUT2D eigenvalue weighted by atomic mass is 31.2. The molecule has 0 radical (unpaired) electrons. The highest BCUT2D eigenvalue weighted by Crippen LogP contribution is 2.40. The molecule has 2 N–H and O–H groups in total. The first-order valence-electron chi connectivity index (χ1n) is 4.26. The third kappa shape index (κ3) is 12.6. The van der Waals surface area contributed by atoms with Crippen molar-refractivity contribution >= 4 is 15.9 Å². The lowest BCUT2D eigenvalue weighted by Gasteiger charge is -2.42. The van der Waals surface area contributed by atoms with Gasteiger partial charge in [0.1, 0.15) is 6.16 Å². The summed E-state index contributed by atoms with van der Waals surface area (Å²) < 4.78 is 0. The van der Waals surface area contributed by atoms with Crippen molar-refractivity contribution in [3.63, 3.8) is 0 Å². The molecule has 6 nitrogen and oxygen atoms in total. The van der Waals surface area contributed by atoms with E-state index in [1.165, 1.54) is 0 Å². The first-order chi connectivity index (χ1) is 6.21. The van der Waals surface area contributed by atoms with Crippen molar-refractivity contribution in [1.82, 2.24) is 0 Å². The van der Waals surface area contributed by atoms with Gasteiger partial charge in [-0.05, 0) is 25.7 Å². The predicted molar refractivity (Wildman–Crippen MR) is 46.5 cm³/mol. The Balaban J connectivity index is 3.23. The maximum atomic E-state index is 10.4. The lowest BCUT2D eigenvalue weighted by Crippen LogP contribution is -2.34. The van der Waals surface area contributed by atoms with Crippen molar-refractivity contribution in [3.05, 3.63) is 0 Å². The molecule has 0 fully saturated rings. The molecule has 0 heterocycles. The summed E-state index contributed by atoms with van der Waals surface area (Å²) in [7, 11) is -8.33. The quantitative estimate of drug-likeness (QED) is 0.375. The van der Waals surface area contributed by atoms with Crippen LogP contribution in [0.15, 0.2) is 0 Å². The Kier molecular flexibility index (Phi) is 6.53. The second-order valence-electron chi connectivity index (χ2n) is 3.14. The molecular formula is C6H14O6P2-2. The van der Waals surface area contributed by atoms with Crippen LogP contribution in [0, 0.1) is 0 Å². The Hall–Kier alpha value is 0.620. The topological polar surface area (TPSA) is 133 Å².